The number of phenolic OH excluding ortho intramolecular Hbond substituents is 1. The Morgan fingerprint density at radius 1 is 1.13 bits per heavy atom. The molecule has 8 nitrogen and oxygen atoms in total. The number of tetrazole rings is 1. The molecule has 2 heterocycles. The minimum absolute atomic E-state index is 0.0527. The highest BCUT2D eigenvalue weighted by atomic mass is 35.5. The van der Waals surface area contributed by atoms with E-state index in [0.717, 1.165) is 48.8 Å². The van der Waals surface area contributed by atoms with Crippen molar-refractivity contribution in [3.05, 3.63) is 46.0 Å². The Morgan fingerprint density at radius 3 is 2.70 bits per heavy atom. The number of nitrogens with zero attached hydrogens (tertiary/aromatic N) is 4. The van der Waals surface area contributed by atoms with E-state index in [2.05, 4.69) is 20.6 Å². The molecule has 1 aliphatic heterocycles. The van der Waals surface area contributed by atoms with Gasteiger partial charge in [0.1, 0.15) is 17.2 Å². The molecule has 2 aliphatic rings. The molecule has 0 bridgehead atoms. The van der Waals surface area contributed by atoms with Gasteiger partial charge in [0.25, 0.3) is 5.91 Å². The highest BCUT2D eigenvalue weighted by Crippen LogP contribution is 2.44. The van der Waals surface area contributed by atoms with E-state index >= 15 is 0 Å². The van der Waals surface area contributed by atoms with Gasteiger partial charge in [-0.2, -0.15) is 5.21 Å². The standard InChI is InChI=1S/C21H20ClN5O3/c22-17-11-15(20-23-25-26-24-20)13-4-3-5-14(13)19(17)30-12-6-7-18(28)16(10-12)21(29)27-8-1-2-9-27/h6-7,10-11,28H,1-5,8-9H2,(H,23,24,25,26). The van der Waals surface area contributed by atoms with Crippen molar-refractivity contribution in [2.75, 3.05) is 13.1 Å². The van der Waals surface area contributed by atoms with Crippen LogP contribution >= 0.6 is 11.6 Å². The number of hydrogen-bond acceptors (Lipinski definition) is 6. The molecule has 9 heteroatoms. The number of likely N-dealkylation sites (tertiary alicyclic amines) is 1. The second-order valence-corrected chi connectivity index (χ2v) is 7.97. The number of rotatable bonds is 4. The fourth-order valence-electron chi connectivity index (χ4n) is 4.26. The Morgan fingerprint density at radius 2 is 1.93 bits per heavy atom. The average molecular weight is 426 g/mol. The molecule has 2 aromatic carbocycles. The molecular formula is C21H20ClN5O3. The first-order valence-electron chi connectivity index (χ1n) is 10.00. The zero-order valence-electron chi connectivity index (χ0n) is 16.2. The topological polar surface area (TPSA) is 104 Å². The third-order valence-electron chi connectivity index (χ3n) is 5.70. The molecule has 3 aromatic rings. The maximum Gasteiger partial charge on any atom is 0.257 e. The molecule has 0 unspecified atom stereocenters. The van der Waals surface area contributed by atoms with E-state index in [1.807, 2.05) is 0 Å². The van der Waals surface area contributed by atoms with E-state index in [9.17, 15) is 9.90 Å². The van der Waals surface area contributed by atoms with E-state index in [-0.39, 0.29) is 17.2 Å². The van der Waals surface area contributed by atoms with Gasteiger partial charge in [-0.15, -0.1) is 10.2 Å². The highest BCUT2D eigenvalue weighted by molar-refractivity contribution is 6.32. The van der Waals surface area contributed by atoms with Gasteiger partial charge in [0.2, 0.25) is 5.82 Å². The number of hydrogen-bond donors (Lipinski definition) is 2. The van der Waals surface area contributed by atoms with E-state index in [1.54, 1.807) is 23.1 Å². The van der Waals surface area contributed by atoms with Crippen molar-refractivity contribution in [2.45, 2.75) is 32.1 Å². The van der Waals surface area contributed by atoms with E-state index in [4.69, 9.17) is 16.3 Å². The lowest BCUT2D eigenvalue weighted by molar-refractivity contribution is 0.0789. The largest absolute Gasteiger partial charge is 0.507 e. The zero-order valence-corrected chi connectivity index (χ0v) is 16.9. The zero-order chi connectivity index (χ0) is 20.7. The number of carbonyl (C=O) groups excluding carboxylic acids is 1. The number of amides is 1. The van der Waals surface area contributed by atoms with Crippen LogP contribution in [0, 0.1) is 0 Å². The molecule has 5 rings (SSSR count). The fourth-order valence-corrected chi connectivity index (χ4v) is 4.52. The summed E-state index contributed by atoms with van der Waals surface area (Å²) in [4.78, 5) is 14.5. The summed E-state index contributed by atoms with van der Waals surface area (Å²) in [6.45, 7) is 1.42. The Kier molecular flexibility index (Phi) is 4.78. The van der Waals surface area contributed by atoms with E-state index in [0.29, 0.717) is 35.4 Å². The number of fused-ring (bicyclic) bond motifs is 1. The summed E-state index contributed by atoms with van der Waals surface area (Å²) in [6, 6.07) is 6.50. The van der Waals surface area contributed by atoms with Gasteiger partial charge in [-0.1, -0.05) is 11.6 Å². The van der Waals surface area contributed by atoms with Crippen molar-refractivity contribution < 1.29 is 14.6 Å². The van der Waals surface area contributed by atoms with Crippen LogP contribution in [0.1, 0.15) is 40.7 Å². The Balaban J connectivity index is 1.50. The molecule has 1 aliphatic carbocycles. The predicted octanol–water partition coefficient (Wildman–Crippen LogP) is 3.74. The lowest BCUT2D eigenvalue weighted by atomic mass is 10.0. The summed E-state index contributed by atoms with van der Waals surface area (Å²) >= 11 is 6.58. The fraction of sp³-hybridized carbons (Fsp3) is 0.333. The van der Waals surface area contributed by atoms with Crippen LogP contribution in [0.25, 0.3) is 11.4 Å². The van der Waals surface area contributed by atoms with Crippen molar-refractivity contribution in [2.24, 2.45) is 0 Å². The molecular weight excluding hydrogens is 406 g/mol. The Bertz CT molecular complexity index is 1110. The van der Waals surface area contributed by atoms with Gasteiger partial charge in [-0.25, -0.2) is 0 Å². The molecule has 154 valence electrons. The first-order valence-corrected chi connectivity index (χ1v) is 10.4. The van der Waals surface area contributed by atoms with Crippen molar-refractivity contribution >= 4 is 17.5 Å². The molecule has 0 saturated carbocycles. The lowest BCUT2D eigenvalue weighted by Gasteiger charge is -2.18. The van der Waals surface area contributed by atoms with Crippen LogP contribution < -0.4 is 4.74 Å². The van der Waals surface area contributed by atoms with Gasteiger partial charge < -0.3 is 14.7 Å². The number of carbonyl (C=O) groups is 1. The SMILES string of the molecule is O=C(c1cc(Oc2c(Cl)cc(-c3nn[nH]n3)c3c2CCC3)ccc1O)N1CCCC1. The summed E-state index contributed by atoms with van der Waals surface area (Å²) in [5.74, 6) is 1.30. The number of aromatic amines is 1. The monoisotopic (exact) mass is 425 g/mol. The maximum absolute atomic E-state index is 12.8. The Labute approximate surface area is 177 Å². The molecule has 1 fully saturated rings. The van der Waals surface area contributed by atoms with Crippen LogP contribution in [0.15, 0.2) is 24.3 Å². The summed E-state index contributed by atoms with van der Waals surface area (Å²) in [7, 11) is 0. The van der Waals surface area contributed by atoms with E-state index < -0.39 is 0 Å². The van der Waals surface area contributed by atoms with Crippen LogP contribution in [-0.4, -0.2) is 49.6 Å². The van der Waals surface area contributed by atoms with Gasteiger partial charge >= 0.3 is 0 Å². The number of H-pyrrole nitrogens is 1. The minimum Gasteiger partial charge on any atom is -0.507 e. The summed E-state index contributed by atoms with van der Waals surface area (Å²) in [5, 5.41) is 24.9. The van der Waals surface area contributed by atoms with Gasteiger partial charge in [-0.05, 0) is 67.1 Å². The number of ether oxygens (including phenoxy) is 1. The molecule has 1 saturated heterocycles. The maximum atomic E-state index is 12.8. The van der Waals surface area contributed by atoms with Crippen LogP contribution in [0.5, 0.6) is 17.2 Å². The van der Waals surface area contributed by atoms with E-state index in [1.165, 1.54) is 6.07 Å². The van der Waals surface area contributed by atoms with Crippen LogP contribution in [0.4, 0.5) is 0 Å². The van der Waals surface area contributed by atoms with Gasteiger partial charge in [0.15, 0.2) is 0 Å². The highest BCUT2D eigenvalue weighted by Gasteiger charge is 2.26. The van der Waals surface area contributed by atoms with Crippen molar-refractivity contribution in [1.82, 2.24) is 25.5 Å². The predicted molar refractivity (Wildman–Crippen MR) is 110 cm³/mol. The van der Waals surface area contributed by atoms with Crippen LogP contribution in [0.2, 0.25) is 5.02 Å². The first kappa shape index (κ1) is 18.9. The normalized spacial score (nSPS) is 15.4. The number of phenols is 1. The number of nitrogens with one attached hydrogen (secondary N) is 1. The molecule has 1 aromatic heterocycles. The number of aromatic nitrogens is 4. The van der Waals surface area contributed by atoms with Crippen LogP contribution in [-0.2, 0) is 12.8 Å². The van der Waals surface area contributed by atoms with Crippen molar-refractivity contribution in [3.63, 3.8) is 0 Å². The third-order valence-corrected chi connectivity index (χ3v) is 5.98. The molecule has 30 heavy (non-hydrogen) atoms. The quantitative estimate of drug-likeness (QED) is 0.659. The molecule has 0 radical (unpaired) electrons. The van der Waals surface area contributed by atoms with Gasteiger partial charge in [0.05, 0.1) is 10.6 Å². The van der Waals surface area contributed by atoms with Crippen molar-refractivity contribution in [1.29, 1.82) is 0 Å². The average Bonchev–Trinajstić information content (AvgIpc) is 3.52. The molecule has 0 spiro atoms. The summed E-state index contributed by atoms with van der Waals surface area (Å²) < 4.78 is 6.15. The van der Waals surface area contributed by atoms with Gasteiger partial charge in [-0.3, -0.25) is 4.79 Å². The summed E-state index contributed by atoms with van der Waals surface area (Å²) in [5.41, 5.74) is 3.21. The number of aromatic hydroxyl groups is 1. The van der Waals surface area contributed by atoms with Gasteiger partial charge in [0, 0.05) is 24.2 Å². The first-order chi connectivity index (χ1) is 14.6. The second-order valence-electron chi connectivity index (χ2n) is 7.56. The smallest absolute Gasteiger partial charge is 0.257 e. The molecule has 1 amide bonds. The molecule has 0 atom stereocenters. The summed E-state index contributed by atoms with van der Waals surface area (Å²) in [6.07, 6.45) is 4.65. The third kappa shape index (κ3) is 3.27. The number of benzene rings is 2. The Hall–Kier alpha value is -3.13. The minimum atomic E-state index is -0.181. The van der Waals surface area contributed by atoms with Crippen LogP contribution in [0.3, 0.4) is 0 Å². The number of halogens is 1. The lowest BCUT2D eigenvalue weighted by Crippen LogP contribution is -2.27. The second kappa shape index (κ2) is 7.60. The van der Waals surface area contributed by atoms with Crippen molar-refractivity contribution in [3.8, 4) is 28.6 Å². The molecule has 2 N–H and O–H groups in total.